The number of ether oxygens (including phenoxy) is 12. The first-order valence-corrected chi connectivity index (χ1v) is 32.0. The van der Waals surface area contributed by atoms with Gasteiger partial charge in [-0.1, -0.05) is 84.9 Å². The zero-order chi connectivity index (χ0) is 66.8. The molecule has 502 valence electrons. The monoisotopic (exact) mass is 1310 g/mol. The zero-order valence-corrected chi connectivity index (χ0v) is 54.7. The Morgan fingerprint density at radius 2 is 1.23 bits per heavy atom. The topological polar surface area (TPSA) is 290 Å². The number of nitrogen functional groups attached to an aromatic ring is 1. The summed E-state index contributed by atoms with van der Waals surface area (Å²) in [7, 11) is 1.38. The van der Waals surface area contributed by atoms with Gasteiger partial charge in [-0.05, 0) is 68.7 Å². The standard InChI is InChI=1S/C66H83FN7O18P/c1-40(2)74(41(3)4)93(36-35-84-32-31-82-29-30-83-33-34-85-65-54(72-42(5)75)59(88-45(8)78)57(87-44(7)77)52(89-65)37-86-43(6)76)92-58-53(67)64(73-39-71-55-62(68)69-38-70-63(55)73)90-61(58)60(56(79)46-17-13-11-14-18-46)91-66(47-19-15-12-16-20-47,48-21-25-50(80-9)26-22-48)49-23-27-51(81-10)28-24-49/h11-28,38-41,52-54,57-61,64-65H,29-37H2,1-10H3,(H,72,75)(H2,68,69,70)/t52-,53-,54-,57+,58+,59-,60?,61+,64-,65-,93?/m1/s1. The van der Waals surface area contributed by atoms with E-state index in [2.05, 4.69) is 24.9 Å². The number of halogens is 1. The molecule has 0 saturated carbocycles. The molecule has 1 amide bonds. The number of alkyl halides is 1. The highest BCUT2D eigenvalue weighted by Crippen LogP contribution is 2.52. The van der Waals surface area contributed by atoms with E-state index in [0.29, 0.717) is 34.4 Å². The van der Waals surface area contributed by atoms with Gasteiger partial charge >= 0.3 is 17.9 Å². The van der Waals surface area contributed by atoms with Gasteiger partial charge < -0.3 is 72.4 Å². The minimum absolute atomic E-state index is 0.0420. The number of Topliss-reactive ketones (excluding diaryl/α,β-unsaturated/α-hetero) is 1. The Bertz CT molecular complexity index is 3320. The summed E-state index contributed by atoms with van der Waals surface area (Å²) in [6.07, 6.45) is -9.97. The number of anilines is 1. The minimum Gasteiger partial charge on any atom is -0.497 e. The lowest BCUT2D eigenvalue weighted by atomic mass is 9.79. The lowest BCUT2D eigenvalue weighted by Gasteiger charge is -2.44. The van der Waals surface area contributed by atoms with Crippen molar-refractivity contribution in [3.63, 3.8) is 0 Å². The molecule has 0 spiro atoms. The number of hydrogen-bond acceptors (Lipinski definition) is 23. The van der Waals surface area contributed by atoms with Crippen LogP contribution in [-0.4, -0.2) is 194 Å². The molecule has 6 aromatic rings. The molecule has 2 aromatic heterocycles. The van der Waals surface area contributed by atoms with Crippen LogP contribution in [-0.2, 0) is 76.7 Å². The van der Waals surface area contributed by atoms with Gasteiger partial charge in [-0.15, -0.1) is 0 Å². The van der Waals surface area contributed by atoms with Crippen molar-refractivity contribution in [1.29, 1.82) is 0 Å². The molecule has 2 saturated heterocycles. The molecule has 0 aliphatic carbocycles. The van der Waals surface area contributed by atoms with Crippen molar-refractivity contribution in [2.75, 3.05) is 79.0 Å². The van der Waals surface area contributed by atoms with Crippen molar-refractivity contribution in [2.45, 2.75) is 134 Å². The largest absolute Gasteiger partial charge is 0.497 e. The summed E-state index contributed by atoms with van der Waals surface area (Å²) < 4.78 is 101. The number of rotatable bonds is 34. The van der Waals surface area contributed by atoms with Gasteiger partial charge in [-0.2, -0.15) is 0 Å². The molecule has 2 unspecified atom stereocenters. The van der Waals surface area contributed by atoms with Gasteiger partial charge in [-0.25, -0.2) is 19.3 Å². The first-order chi connectivity index (χ1) is 44.7. The van der Waals surface area contributed by atoms with Gasteiger partial charge in [0.05, 0.1) is 66.8 Å². The fraction of sp³-hybridized carbons (Fsp3) is 0.485. The second-order valence-corrected chi connectivity index (χ2v) is 24.3. The first kappa shape index (κ1) is 71.2. The number of amides is 1. The fourth-order valence-corrected chi connectivity index (χ4v) is 13.6. The molecule has 4 aromatic carbocycles. The maximum absolute atomic E-state index is 18.6. The van der Waals surface area contributed by atoms with E-state index < -0.39 is 105 Å². The molecule has 11 atom stereocenters. The van der Waals surface area contributed by atoms with Crippen molar-refractivity contribution in [3.05, 3.63) is 144 Å². The van der Waals surface area contributed by atoms with Crippen LogP contribution >= 0.6 is 8.30 Å². The smallest absolute Gasteiger partial charge is 0.303 e. The Morgan fingerprint density at radius 1 is 0.677 bits per heavy atom. The Labute approximate surface area is 541 Å². The van der Waals surface area contributed by atoms with E-state index >= 15 is 9.18 Å². The predicted octanol–water partition coefficient (Wildman–Crippen LogP) is 7.46. The van der Waals surface area contributed by atoms with Crippen LogP contribution in [0.1, 0.15) is 88.7 Å². The van der Waals surface area contributed by atoms with Crippen LogP contribution in [0.15, 0.2) is 122 Å². The molecule has 3 N–H and O–H groups in total. The molecule has 25 nitrogen and oxygen atoms in total. The quantitative estimate of drug-likeness (QED) is 0.00989. The zero-order valence-electron chi connectivity index (χ0n) is 53.8. The lowest BCUT2D eigenvalue weighted by Crippen LogP contribution is -2.66. The van der Waals surface area contributed by atoms with Gasteiger partial charge in [0.15, 0.2) is 54.2 Å². The molecular formula is C66H83FN7O18P. The van der Waals surface area contributed by atoms with Crippen LogP contribution in [0.25, 0.3) is 11.2 Å². The highest BCUT2D eigenvalue weighted by atomic mass is 31.2. The van der Waals surface area contributed by atoms with E-state index in [-0.39, 0.29) is 87.5 Å². The van der Waals surface area contributed by atoms with Gasteiger partial charge in [0.1, 0.15) is 68.2 Å². The summed E-state index contributed by atoms with van der Waals surface area (Å²) in [6.45, 7) is 13.3. The van der Waals surface area contributed by atoms with Crippen molar-refractivity contribution < 1.29 is 89.7 Å². The molecule has 93 heavy (non-hydrogen) atoms. The Hall–Kier alpha value is -7.62. The maximum atomic E-state index is 18.6. The molecule has 2 aliphatic rings. The summed E-state index contributed by atoms with van der Waals surface area (Å²) in [4.78, 5) is 77.4. The van der Waals surface area contributed by atoms with E-state index in [1.165, 1.54) is 31.1 Å². The summed E-state index contributed by atoms with van der Waals surface area (Å²) in [5.74, 6) is -1.88. The molecule has 4 heterocycles. The van der Waals surface area contributed by atoms with E-state index in [0.717, 1.165) is 13.8 Å². The van der Waals surface area contributed by atoms with Gasteiger partial charge in [0.2, 0.25) is 5.91 Å². The average molecular weight is 1310 g/mol. The molecule has 2 fully saturated rings. The third-order valence-electron chi connectivity index (χ3n) is 15.3. The fourth-order valence-electron chi connectivity index (χ4n) is 11.4. The van der Waals surface area contributed by atoms with Crippen LogP contribution in [0.4, 0.5) is 10.2 Å². The summed E-state index contributed by atoms with van der Waals surface area (Å²) >= 11 is 0. The van der Waals surface area contributed by atoms with Crippen molar-refractivity contribution in [2.24, 2.45) is 0 Å². The number of nitrogens with two attached hydrogens (primary N) is 1. The maximum Gasteiger partial charge on any atom is 0.303 e. The summed E-state index contributed by atoms with van der Waals surface area (Å²) in [5, 5.41) is 2.66. The number of nitrogens with zero attached hydrogens (tertiary/aromatic N) is 5. The number of benzene rings is 4. The number of fused-ring (bicyclic) bond motifs is 1. The van der Waals surface area contributed by atoms with Crippen molar-refractivity contribution >= 4 is 54.9 Å². The highest BCUT2D eigenvalue weighted by molar-refractivity contribution is 7.50. The number of carbonyl (C=O) groups excluding carboxylic acids is 5. The Morgan fingerprint density at radius 3 is 1.77 bits per heavy atom. The summed E-state index contributed by atoms with van der Waals surface area (Å²) in [5.41, 5.74) is 7.27. The third-order valence-corrected chi connectivity index (χ3v) is 17.8. The molecule has 0 bridgehead atoms. The minimum atomic E-state index is -1.98. The third kappa shape index (κ3) is 18.0. The van der Waals surface area contributed by atoms with Crippen LogP contribution in [0.2, 0.25) is 0 Å². The second kappa shape index (κ2) is 34.0. The Balaban J connectivity index is 1.01. The van der Waals surface area contributed by atoms with E-state index in [4.69, 9.17) is 67.1 Å². The lowest BCUT2D eigenvalue weighted by molar-refractivity contribution is -0.279. The number of carbonyl (C=O) groups is 5. The number of aromatic nitrogens is 4. The predicted molar refractivity (Wildman–Crippen MR) is 338 cm³/mol. The molecule has 2 aliphatic heterocycles. The Kier molecular flexibility index (Phi) is 26.0. The van der Waals surface area contributed by atoms with Gasteiger partial charge in [0.25, 0.3) is 0 Å². The van der Waals surface area contributed by atoms with Crippen LogP contribution in [0.5, 0.6) is 11.5 Å². The van der Waals surface area contributed by atoms with E-state index in [1.54, 1.807) is 44.6 Å². The van der Waals surface area contributed by atoms with Crippen LogP contribution in [0.3, 0.4) is 0 Å². The van der Waals surface area contributed by atoms with Crippen molar-refractivity contribution in [3.8, 4) is 11.5 Å². The summed E-state index contributed by atoms with van der Waals surface area (Å²) in [6, 6.07) is 31.5. The number of nitrogens with one attached hydrogen (secondary N) is 1. The number of esters is 3. The van der Waals surface area contributed by atoms with E-state index in [9.17, 15) is 19.2 Å². The SMILES string of the molecule is COc1ccc(C(OC(C(=O)c2ccccc2)[C@H]2O[C@@H](n3cnc4c(N)ncnc43)[C@H](F)[C@@H]2OP(CCOCCOCCOCCO[C@@H]2O[C@H](COC(C)=O)[C@H](OC(C)=O)[C@H](OC(C)=O)[C@H]2NC(C)=O)N(C(C)C)C(C)C)(c2ccccc2)c2ccc(OC)cc2)cc1. The van der Waals surface area contributed by atoms with Gasteiger partial charge in [0, 0.05) is 51.5 Å². The van der Waals surface area contributed by atoms with Crippen LogP contribution < -0.4 is 20.5 Å². The van der Waals surface area contributed by atoms with Gasteiger partial charge in [-0.3, -0.25) is 33.2 Å². The number of hydrogen-bond donors (Lipinski definition) is 2. The van der Waals surface area contributed by atoms with Crippen LogP contribution in [0, 0.1) is 0 Å². The normalized spacial score (nSPS) is 21.3. The molecular weight excluding hydrogens is 1230 g/mol. The number of ketones is 1. The highest BCUT2D eigenvalue weighted by Gasteiger charge is 2.57. The second-order valence-electron chi connectivity index (χ2n) is 22.4. The number of methoxy groups -OCH3 is 2. The average Bonchev–Trinajstić information content (AvgIpc) is 1.73. The molecule has 0 radical (unpaired) electrons. The first-order valence-electron chi connectivity index (χ1n) is 30.6. The molecule has 8 rings (SSSR count). The molecule has 27 heteroatoms. The van der Waals surface area contributed by atoms with Crippen molar-refractivity contribution in [1.82, 2.24) is 29.5 Å². The number of imidazole rings is 1. The van der Waals surface area contributed by atoms with E-state index in [1.807, 2.05) is 107 Å².